The van der Waals surface area contributed by atoms with Crippen molar-refractivity contribution in [3.05, 3.63) is 35.4 Å². The maximum atomic E-state index is 11.7. The van der Waals surface area contributed by atoms with Gasteiger partial charge in [0.05, 0.1) is 6.54 Å². The van der Waals surface area contributed by atoms with Gasteiger partial charge >= 0.3 is 0 Å². The minimum atomic E-state index is -0.110. The summed E-state index contributed by atoms with van der Waals surface area (Å²) in [6.45, 7) is 0.286. The lowest BCUT2D eigenvalue weighted by atomic mass is 10.1. The van der Waals surface area contributed by atoms with Crippen molar-refractivity contribution in [3.8, 4) is 11.8 Å². The van der Waals surface area contributed by atoms with Crippen molar-refractivity contribution < 1.29 is 9.59 Å². The SMILES string of the molecule is CN(C)C(=O)c1ccc(C#CCNC(=O)CCCl)cc1. The Morgan fingerprint density at radius 1 is 1.25 bits per heavy atom. The van der Waals surface area contributed by atoms with Gasteiger partial charge in [-0.2, -0.15) is 0 Å². The van der Waals surface area contributed by atoms with Crippen LogP contribution in [0.4, 0.5) is 0 Å². The van der Waals surface area contributed by atoms with Gasteiger partial charge in [-0.3, -0.25) is 9.59 Å². The lowest BCUT2D eigenvalue weighted by Gasteiger charge is -2.09. The van der Waals surface area contributed by atoms with E-state index in [1.807, 2.05) is 0 Å². The fourth-order valence-electron chi connectivity index (χ4n) is 1.42. The van der Waals surface area contributed by atoms with Gasteiger partial charge in [0.2, 0.25) is 5.91 Å². The zero-order chi connectivity index (χ0) is 15.0. The van der Waals surface area contributed by atoms with Gasteiger partial charge in [-0.05, 0) is 24.3 Å². The Balaban J connectivity index is 2.54. The van der Waals surface area contributed by atoms with Gasteiger partial charge in [0.25, 0.3) is 5.91 Å². The van der Waals surface area contributed by atoms with E-state index in [4.69, 9.17) is 11.6 Å². The zero-order valence-electron chi connectivity index (χ0n) is 11.6. The molecule has 1 rings (SSSR count). The molecule has 0 aliphatic heterocycles. The summed E-state index contributed by atoms with van der Waals surface area (Å²) in [7, 11) is 3.42. The molecule has 0 aliphatic rings. The lowest BCUT2D eigenvalue weighted by molar-refractivity contribution is -0.120. The summed E-state index contributed by atoms with van der Waals surface area (Å²) in [6.07, 6.45) is 0.296. The molecule has 0 aromatic heterocycles. The van der Waals surface area contributed by atoms with E-state index in [1.54, 1.807) is 38.4 Å². The number of hydrogen-bond donors (Lipinski definition) is 1. The molecule has 0 aliphatic carbocycles. The van der Waals surface area contributed by atoms with Crippen molar-refractivity contribution in [2.75, 3.05) is 26.5 Å². The van der Waals surface area contributed by atoms with Crippen LogP contribution >= 0.6 is 11.6 Å². The van der Waals surface area contributed by atoms with Gasteiger partial charge in [-0.25, -0.2) is 0 Å². The first kappa shape index (κ1) is 16.1. The van der Waals surface area contributed by atoms with Gasteiger partial charge in [0.1, 0.15) is 0 Å². The second-order valence-corrected chi connectivity index (χ2v) is 4.67. The first-order valence-corrected chi connectivity index (χ1v) is 6.71. The molecule has 0 saturated carbocycles. The van der Waals surface area contributed by atoms with Crippen molar-refractivity contribution in [2.24, 2.45) is 0 Å². The average molecular weight is 293 g/mol. The maximum Gasteiger partial charge on any atom is 0.253 e. The molecule has 0 radical (unpaired) electrons. The molecule has 0 heterocycles. The summed E-state index contributed by atoms with van der Waals surface area (Å²) in [5.41, 5.74) is 1.42. The molecule has 0 spiro atoms. The van der Waals surface area contributed by atoms with E-state index in [1.165, 1.54) is 4.90 Å². The average Bonchev–Trinajstić information content (AvgIpc) is 2.43. The molecule has 1 N–H and O–H groups in total. The topological polar surface area (TPSA) is 49.4 Å². The highest BCUT2D eigenvalue weighted by molar-refractivity contribution is 6.18. The van der Waals surface area contributed by atoms with Crippen molar-refractivity contribution in [3.63, 3.8) is 0 Å². The molecule has 2 amide bonds. The second kappa shape index (κ2) is 8.23. The predicted octanol–water partition coefficient (Wildman–Crippen LogP) is 1.48. The molecule has 0 bridgehead atoms. The normalized spacial score (nSPS) is 9.35. The van der Waals surface area contributed by atoms with Crippen molar-refractivity contribution in [1.29, 1.82) is 0 Å². The van der Waals surface area contributed by atoms with Crippen LogP contribution in [0, 0.1) is 11.8 Å². The van der Waals surface area contributed by atoms with Crippen LogP contribution in [0.3, 0.4) is 0 Å². The first-order chi connectivity index (χ1) is 9.54. The summed E-state index contributed by atoms with van der Waals surface area (Å²) < 4.78 is 0. The Hall–Kier alpha value is -1.99. The Labute approximate surface area is 124 Å². The van der Waals surface area contributed by atoms with Crippen LogP contribution in [0.5, 0.6) is 0 Å². The third-order valence-corrected chi connectivity index (χ3v) is 2.66. The van der Waals surface area contributed by atoms with Crippen LogP contribution in [-0.2, 0) is 4.79 Å². The number of alkyl halides is 1. The third-order valence-electron chi connectivity index (χ3n) is 2.47. The van der Waals surface area contributed by atoms with Crippen LogP contribution in [0.1, 0.15) is 22.3 Å². The summed E-state index contributed by atoms with van der Waals surface area (Å²) >= 11 is 5.44. The first-order valence-electron chi connectivity index (χ1n) is 6.18. The van der Waals surface area contributed by atoms with E-state index in [-0.39, 0.29) is 18.4 Å². The van der Waals surface area contributed by atoms with Gasteiger partial charge in [-0.15, -0.1) is 11.6 Å². The van der Waals surface area contributed by atoms with Gasteiger partial charge in [0, 0.05) is 37.5 Å². The Morgan fingerprint density at radius 2 is 1.90 bits per heavy atom. The lowest BCUT2D eigenvalue weighted by Crippen LogP contribution is -2.23. The number of rotatable bonds is 4. The molecule has 0 saturated heterocycles. The second-order valence-electron chi connectivity index (χ2n) is 4.29. The minimum absolute atomic E-state index is 0.0437. The molecule has 4 nitrogen and oxygen atoms in total. The van der Waals surface area contributed by atoms with Crippen LogP contribution in [0.15, 0.2) is 24.3 Å². The number of hydrogen-bond acceptors (Lipinski definition) is 2. The van der Waals surface area contributed by atoms with Gasteiger partial charge < -0.3 is 10.2 Å². The molecule has 0 unspecified atom stereocenters. The van der Waals surface area contributed by atoms with Crippen LogP contribution in [0.25, 0.3) is 0 Å². The Morgan fingerprint density at radius 3 is 2.45 bits per heavy atom. The molecule has 0 atom stereocenters. The zero-order valence-corrected chi connectivity index (χ0v) is 12.3. The molecule has 20 heavy (non-hydrogen) atoms. The maximum absolute atomic E-state index is 11.7. The Bertz CT molecular complexity index is 527. The number of nitrogens with one attached hydrogen (secondary N) is 1. The number of amides is 2. The molecule has 1 aromatic rings. The molecule has 0 fully saturated rings. The molecular weight excluding hydrogens is 276 g/mol. The van der Waals surface area contributed by atoms with E-state index < -0.39 is 0 Å². The monoisotopic (exact) mass is 292 g/mol. The molecular formula is C15H17ClN2O2. The van der Waals surface area contributed by atoms with Gasteiger partial charge in [0.15, 0.2) is 0 Å². The van der Waals surface area contributed by atoms with Crippen LogP contribution in [-0.4, -0.2) is 43.2 Å². The fraction of sp³-hybridized carbons (Fsp3) is 0.333. The van der Waals surface area contributed by atoms with Gasteiger partial charge in [-0.1, -0.05) is 11.8 Å². The van der Waals surface area contributed by atoms with Crippen molar-refractivity contribution in [1.82, 2.24) is 10.2 Å². The number of halogens is 1. The molecule has 106 valence electrons. The standard InChI is InChI=1S/C15H17ClN2O2/c1-18(2)15(20)13-7-5-12(6-8-13)4-3-11-17-14(19)9-10-16/h5-8H,9-11H2,1-2H3,(H,17,19). The van der Waals surface area contributed by atoms with Crippen LogP contribution < -0.4 is 5.32 Å². The van der Waals surface area contributed by atoms with E-state index >= 15 is 0 Å². The fourth-order valence-corrected chi connectivity index (χ4v) is 1.59. The van der Waals surface area contributed by atoms with Crippen LogP contribution in [0.2, 0.25) is 0 Å². The van der Waals surface area contributed by atoms with E-state index in [0.29, 0.717) is 17.9 Å². The third kappa shape index (κ3) is 5.33. The van der Waals surface area contributed by atoms with Crippen molar-refractivity contribution >= 4 is 23.4 Å². The molecule has 5 heteroatoms. The van der Waals surface area contributed by atoms with E-state index in [2.05, 4.69) is 17.2 Å². The summed E-state index contributed by atoms with van der Waals surface area (Å²) in [5, 5.41) is 2.64. The van der Waals surface area contributed by atoms with E-state index in [0.717, 1.165) is 5.56 Å². The smallest absolute Gasteiger partial charge is 0.253 e. The summed E-state index contributed by atoms with van der Waals surface area (Å²) in [5.74, 6) is 5.91. The number of nitrogens with zero attached hydrogens (tertiary/aromatic N) is 1. The highest BCUT2D eigenvalue weighted by Gasteiger charge is 2.06. The minimum Gasteiger partial charge on any atom is -0.345 e. The predicted molar refractivity (Wildman–Crippen MR) is 79.7 cm³/mol. The molecule has 1 aromatic carbocycles. The summed E-state index contributed by atoms with van der Waals surface area (Å²) in [4.78, 5) is 24.3. The van der Waals surface area contributed by atoms with E-state index in [9.17, 15) is 9.59 Å². The highest BCUT2D eigenvalue weighted by atomic mass is 35.5. The quantitative estimate of drug-likeness (QED) is 0.675. The summed E-state index contributed by atoms with van der Waals surface area (Å²) in [6, 6.07) is 7.03. The Kier molecular flexibility index (Phi) is 6.61. The van der Waals surface area contributed by atoms with Crippen molar-refractivity contribution in [2.45, 2.75) is 6.42 Å². The number of benzene rings is 1. The largest absolute Gasteiger partial charge is 0.345 e. The number of carbonyl (C=O) groups is 2. The number of carbonyl (C=O) groups excluding carboxylic acids is 2. The highest BCUT2D eigenvalue weighted by Crippen LogP contribution is 2.05.